The van der Waals surface area contributed by atoms with Crippen LogP contribution in [-0.2, 0) is 19.5 Å². The molecule has 12 heteroatoms. The van der Waals surface area contributed by atoms with E-state index in [9.17, 15) is 19.5 Å². The van der Waals surface area contributed by atoms with Crippen LogP contribution in [0, 0.1) is 0 Å². The van der Waals surface area contributed by atoms with Crippen LogP contribution < -0.4 is 10.6 Å². The summed E-state index contributed by atoms with van der Waals surface area (Å²) in [6.45, 7) is 5.93. The van der Waals surface area contributed by atoms with Gasteiger partial charge >= 0.3 is 5.97 Å². The highest BCUT2D eigenvalue weighted by Crippen LogP contribution is 2.28. The quantitative estimate of drug-likeness (QED) is 0.382. The number of rotatable bonds is 7. The van der Waals surface area contributed by atoms with Gasteiger partial charge in [-0.3, -0.25) is 14.5 Å². The smallest absolute Gasteiger partial charge is 0.337 e. The normalized spacial score (nSPS) is 13.1. The number of nitrogens with one attached hydrogen (secondary N) is 2. The second-order valence-electron chi connectivity index (χ2n) is 8.09. The molecule has 2 aromatic heterocycles. The summed E-state index contributed by atoms with van der Waals surface area (Å²) in [5, 5.41) is 15.5. The van der Waals surface area contributed by atoms with Crippen LogP contribution in [0.1, 0.15) is 59.8 Å². The average Bonchev–Trinajstić information content (AvgIpc) is 3.43. The van der Waals surface area contributed by atoms with Gasteiger partial charge in [0, 0.05) is 37.0 Å². The van der Waals surface area contributed by atoms with E-state index < -0.39 is 11.9 Å². The van der Waals surface area contributed by atoms with Crippen LogP contribution in [0.25, 0.3) is 0 Å². The molecule has 3 aromatic rings. The van der Waals surface area contributed by atoms with Crippen molar-refractivity contribution in [3.8, 4) is 0 Å². The zero-order valence-corrected chi connectivity index (χ0v) is 22.2. The fourth-order valence-corrected chi connectivity index (χ4v) is 5.68. The van der Waals surface area contributed by atoms with Crippen molar-refractivity contribution in [1.82, 2.24) is 15.2 Å². The van der Waals surface area contributed by atoms with Gasteiger partial charge in [-0.1, -0.05) is 23.7 Å². The molecule has 1 aliphatic rings. The summed E-state index contributed by atoms with van der Waals surface area (Å²) in [5.74, 6) is -1.99. The number of thiophene rings is 1. The largest absolute Gasteiger partial charge is 0.478 e. The summed E-state index contributed by atoms with van der Waals surface area (Å²) >= 11 is 8.37. The standard InChI is InChI=1S/C23H23ClN4O4S2.ClH/c1-12(2)28-9-8-15-17(11-28)34-22(26-15)21(30)27-19-13(4-3-5-14(19)23(31)32)10-25-20(29)16-6-7-18(24)33-16;/h3-7,12H,8-11H2,1-2H3,(H,25,29)(H,27,30)(H,31,32);1H. The number of nitrogens with zero attached hydrogens (tertiary/aromatic N) is 2. The van der Waals surface area contributed by atoms with Gasteiger partial charge in [-0.2, -0.15) is 0 Å². The lowest BCUT2D eigenvalue weighted by atomic mass is 10.1. The van der Waals surface area contributed by atoms with Crippen molar-refractivity contribution in [2.75, 3.05) is 11.9 Å². The van der Waals surface area contributed by atoms with Crippen molar-refractivity contribution in [3.05, 3.63) is 66.3 Å². The number of amides is 2. The van der Waals surface area contributed by atoms with Crippen LogP contribution in [0.15, 0.2) is 30.3 Å². The SMILES string of the molecule is CC(C)N1CCc2nc(C(=O)Nc3c(CNC(=O)c4ccc(Cl)s4)cccc3C(=O)O)sc2C1.Cl. The maximum atomic E-state index is 13.1. The fraction of sp³-hybridized carbons (Fsp3) is 0.304. The molecular formula is C23H24Cl2N4O4S2. The van der Waals surface area contributed by atoms with E-state index in [1.165, 1.54) is 17.4 Å². The predicted octanol–water partition coefficient (Wildman–Crippen LogP) is 4.93. The molecule has 0 atom stereocenters. The molecule has 0 radical (unpaired) electrons. The van der Waals surface area contributed by atoms with E-state index in [4.69, 9.17) is 11.6 Å². The second kappa shape index (κ2) is 11.5. The number of fused-ring (bicyclic) bond motifs is 1. The monoisotopic (exact) mass is 554 g/mol. The van der Waals surface area contributed by atoms with Crippen molar-refractivity contribution in [1.29, 1.82) is 0 Å². The van der Waals surface area contributed by atoms with Gasteiger partial charge in [-0.05, 0) is 37.6 Å². The summed E-state index contributed by atoms with van der Waals surface area (Å²) in [6, 6.07) is 8.30. The van der Waals surface area contributed by atoms with Crippen molar-refractivity contribution >= 4 is 70.2 Å². The number of carbonyl (C=O) groups is 3. The Morgan fingerprint density at radius 2 is 1.94 bits per heavy atom. The molecule has 0 aliphatic carbocycles. The lowest BCUT2D eigenvalue weighted by Gasteiger charge is -2.29. The van der Waals surface area contributed by atoms with E-state index in [0.717, 1.165) is 41.4 Å². The summed E-state index contributed by atoms with van der Waals surface area (Å²) in [6.07, 6.45) is 0.771. The maximum absolute atomic E-state index is 13.1. The highest BCUT2D eigenvalue weighted by Gasteiger charge is 2.25. The summed E-state index contributed by atoms with van der Waals surface area (Å²) in [4.78, 5) is 45.7. The van der Waals surface area contributed by atoms with E-state index in [1.54, 1.807) is 24.3 Å². The van der Waals surface area contributed by atoms with Gasteiger partial charge in [-0.15, -0.1) is 35.1 Å². The van der Waals surface area contributed by atoms with Crippen LogP contribution in [0.5, 0.6) is 0 Å². The Balaban J connectivity index is 0.00000342. The number of thiazole rings is 1. The van der Waals surface area contributed by atoms with Gasteiger partial charge in [0.05, 0.1) is 26.2 Å². The number of halogens is 2. The number of carboxylic acid groups (broad SMARTS) is 1. The van der Waals surface area contributed by atoms with E-state index in [1.807, 2.05) is 0 Å². The first kappa shape index (κ1) is 27.1. The number of anilines is 1. The minimum Gasteiger partial charge on any atom is -0.478 e. The van der Waals surface area contributed by atoms with Gasteiger partial charge < -0.3 is 15.7 Å². The summed E-state index contributed by atoms with van der Waals surface area (Å²) < 4.78 is 0.494. The molecule has 1 aromatic carbocycles. The Kier molecular flexibility index (Phi) is 8.89. The van der Waals surface area contributed by atoms with Crippen molar-refractivity contribution in [2.45, 2.75) is 39.4 Å². The van der Waals surface area contributed by atoms with E-state index in [-0.39, 0.29) is 36.1 Å². The fourth-order valence-electron chi connectivity index (χ4n) is 3.69. The molecule has 3 heterocycles. The molecule has 0 saturated carbocycles. The molecule has 0 bridgehead atoms. The average molecular weight is 556 g/mol. The zero-order chi connectivity index (χ0) is 24.4. The number of carboxylic acids is 1. The van der Waals surface area contributed by atoms with Crippen LogP contribution in [0.2, 0.25) is 4.34 Å². The van der Waals surface area contributed by atoms with Crippen molar-refractivity contribution < 1.29 is 19.5 Å². The molecule has 0 saturated heterocycles. The summed E-state index contributed by atoms with van der Waals surface area (Å²) in [5.41, 5.74) is 1.46. The molecule has 8 nitrogen and oxygen atoms in total. The topological polar surface area (TPSA) is 112 Å². The third kappa shape index (κ3) is 6.20. The molecular weight excluding hydrogens is 531 g/mol. The summed E-state index contributed by atoms with van der Waals surface area (Å²) in [7, 11) is 0. The van der Waals surface area contributed by atoms with Gasteiger partial charge in [0.25, 0.3) is 11.8 Å². The minimum atomic E-state index is -1.18. The van der Waals surface area contributed by atoms with Gasteiger partial charge in [-0.25, -0.2) is 9.78 Å². The van der Waals surface area contributed by atoms with Crippen molar-refractivity contribution in [3.63, 3.8) is 0 Å². The molecule has 1 aliphatic heterocycles. The molecule has 3 N–H and O–H groups in total. The highest BCUT2D eigenvalue weighted by molar-refractivity contribution is 7.18. The van der Waals surface area contributed by atoms with E-state index in [2.05, 4.69) is 34.4 Å². The Morgan fingerprint density at radius 1 is 1.17 bits per heavy atom. The number of benzene rings is 1. The van der Waals surface area contributed by atoms with Crippen LogP contribution >= 0.6 is 46.7 Å². The number of hydrogen-bond acceptors (Lipinski definition) is 7. The Labute approximate surface area is 221 Å². The van der Waals surface area contributed by atoms with Crippen LogP contribution in [0.4, 0.5) is 5.69 Å². The first-order valence-electron chi connectivity index (χ1n) is 10.7. The first-order chi connectivity index (χ1) is 16.2. The molecule has 0 unspecified atom stereocenters. The van der Waals surface area contributed by atoms with Gasteiger partial charge in [0.1, 0.15) is 0 Å². The molecule has 35 heavy (non-hydrogen) atoms. The van der Waals surface area contributed by atoms with Gasteiger partial charge in [0.15, 0.2) is 5.01 Å². The molecule has 0 fully saturated rings. The number of aromatic carboxylic acids is 1. The lowest BCUT2D eigenvalue weighted by Crippen LogP contribution is -2.35. The lowest BCUT2D eigenvalue weighted by molar-refractivity contribution is 0.0697. The number of carbonyl (C=O) groups excluding carboxylic acids is 2. The third-order valence-corrected chi connectivity index (χ3v) is 7.85. The Morgan fingerprint density at radius 3 is 2.60 bits per heavy atom. The molecule has 186 valence electrons. The Bertz CT molecular complexity index is 1260. The highest BCUT2D eigenvalue weighted by atomic mass is 35.5. The van der Waals surface area contributed by atoms with E-state index >= 15 is 0 Å². The maximum Gasteiger partial charge on any atom is 0.337 e. The Hall–Kier alpha value is -2.50. The second-order valence-corrected chi connectivity index (χ2v) is 10.9. The molecule has 0 spiro atoms. The number of hydrogen-bond donors (Lipinski definition) is 3. The first-order valence-corrected chi connectivity index (χ1v) is 12.7. The minimum absolute atomic E-state index is 0. The van der Waals surface area contributed by atoms with Gasteiger partial charge in [0.2, 0.25) is 0 Å². The molecule has 4 rings (SSSR count). The van der Waals surface area contributed by atoms with Crippen molar-refractivity contribution in [2.24, 2.45) is 0 Å². The van der Waals surface area contributed by atoms with E-state index in [0.29, 0.717) is 25.8 Å². The van der Waals surface area contributed by atoms with Crippen LogP contribution in [-0.4, -0.2) is 45.4 Å². The zero-order valence-electron chi connectivity index (χ0n) is 19.0. The third-order valence-electron chi connectivity index (χ3n) is 5.54. The number of aromatic nitrogens is 1. The predicted molar refractivity (Wildman–Crippen MR) is 140 cm³/mol. The molecule has 2 amide bonds. The van der Waals surface area contributed by atoms with Crippen LogP contribution in [0.3, 0.4) is 0 Å². The number of para-hydroxylation sites is 1.